The Hall–Kier alpha value is -1.73. The number of amides is 1. The Bertz CT molecular complexity index is 508. The van der Waals surface area contributed by atoms with Crippen LogP contribution < -0.4 is 10.0 Å². The number of nitrogens with one attached hydrogen (secondary N) is 2. The van der Waals surface area contributed by atoms with Gasteiger partial charge in [-0.1, -0.05) is 0 Å². The fraction of sp³-hybridized carbons (Fsp3) is 0.200. The number of carbonyl (C=O) groups excluding carboxylic acids is 2. The quantitative estimate of drug-likeness (QED) is 0.732. The van der Waals surface area contributed by atoms with E-state index >= 15 is 0 Å². The maximum absolute atomic E-state index is 11.6. The van der Waals surface area contributed by atoms with Gasteiger partial charge in [0.15, 0.2) is 0 Å². The van der Waals surface area contributed by atoms with Crippen molar-refractivity contribution in [2.45, 2.75) is 11.8 Å². The van der Waals surface area contributed by atoms with Crippen LogP contribution in [0.3, 0.4) is 0 Å². The number of sulfonamides is 1. The Kier molecular flexibility index (Phi) is 4.36. The molecule has 0 aliphatic carbocycles. The zero-order valence-electron chi connectivity index (χ0n) is 9.14. The van der Waals surface area contributed by atoms with Gasteiger partial charge in [0.05, 0.1) is 11.4 Å². The summed E-state index contributed by atoms with van der Waals surface area (Å²) in [5, 5.41) is 2.52. The molecule has 0 atom stereocenters. The standard InChI is InChI=1S/C10H12N2O4S/c1-8(14)12-9-2-4-10(5-3-9)17(15,16)11-6-7-13/h2-5,7,11H,6H2,1H3,(H,12,14). The van der Waals surface area contributed by atoms with Crippen LogP contribution in [-0.4, -0.2) is 27.2 Å². The van der Waals surface area contributed by atoms with Crippen molar-refractivity contribution in [2.24, 2.45) is 0 Å². The van der Waals surface area contributed by atoms with Crippen LogP contribution in [0.1, 0.15) is 6.92 Å². The highest BCUT2D eigenvalue weighted by Gasteiger charge is 2.12. The lowest BCUT2D eigenvalue weighted by molar-refractivity contribution is -0.114. The summed E-state index contributed by atoms with van der Waals surface area (Å²) in [5.41, 5.74) is 0.506. The summed E-state index contributed by atoms with van der Waals surface area (Å²) in [6.07, 6.45) is 0.462. The molecule has 0 radical (unpaired) electrons. The van der Waals surface area contributed by atoms with Crippen LogP contribution in [0.15, 0.2) is 29.2 Å². The Labute approximate surface area is 99.1 Å². The van der Waals surface area contributed by atoms with E-state index in [0.29, 0.717) is 12.0 Å². The average molecular weight is 256 g/mol. The zero-order chi connectivity index (χ0) is 12.9. The minimum atomic E-state index is -3.66. The first-order chi connectivity index (χ1) is 7.95. The average Bonchev–Trinajstić information content (AvgIpc) is 2.26. The molecule has 1 aromatic rings. The first-order valence-electron chi connectivity index (χ1n) is 4.76. The fourth-order valence-corrected chi connectivity index (χ4v) is 2.10. The number of benzene rings is 1. The van der Waals surface area contributed by atoms with E-state index in [0.717, 1.165) is 0 Å². The highest BCUT2D eigenvalue weighted by Crippen LogP contribution is 2.13. The molecule has 6 nitrogen and oxygen atoms in total. The van der Waals surface area contributed by atoms with Gasteiger partial charge in [-0.05, 0) is 24.3 Å². The molecule has 0 aliphatic heterocycles. The molecule has 1 aromatic carbocycles. The molecule has 7 heteroatoms. The van der Waals surface area contributed by atoms with Crippen LogP contribution >= 0.6 is 0 Å². The van der Waals surface area contributed by atoms with Gasteiger partial charge < -0.3 is 10.1 Å². The topological polar surface area (TPSA) is 92.3 Å². The summed E-state index contributed by atoms with van der Waals surface area (Å²) in [6.45, 7) is 1.09. The Morgan fingerprint density at radius 1 is 1.29 bits per heavy atom. The van der Waals surface area contributed by atoms with Crippen LogP contribution in [0.4, 0.5) is 5.69 Å². The van der Waals surface area contributed by atoms with Gasteiger partial charge in [-0.25, -0.2) is 13.1 Å². The Balaban J connectivity index is 2.86. The molecule has 0 heterocycles. The number of hydrogen-bond donors (Lipinski definition) is 2. The predicted octanol–water partition coefficient (Wildman–Crippen LogP) is 0.122. The van der Waals surface area contributed by atoms with Crippen molar-refractivity contribution in [3.8, 4) is 0 Å². The molecule has 0 aliphatic rings. The third-order valence-corrected chi connectivity index (χ3v) is 3.28. The number of hydrogen-bond acceptors (Lipinski definition) is 4. The minimum absolute atomic E-state index is 0.0356. The van der Waals surface area contributed by atoms with Crippen molar-refractivity contribution in [2.75, 3.05) is 11.9 Å². The molecule has 0 bridgehead atoms. The van der Waals surface area contributed by atoms with Crippen molar-refractivity contribution in [1.82, 2.24) is 4.72 Å². The van der Waals surface area contributed by atoms with Crippen LogP contribution in [0, 0.1) is 0 Å². The highest BCUT2D eigenvalue weighted by molar-refractivity contribution is 7.89. The van der Waals surface area contributed by atoms with Crippen molar-refractivity contribution in [3.63, 3.8) is 0 Å². The highest BCUT2D eigenvalue weighted by atomic mass is 32.2. The third kappa shape index (κ3) is 3.97. The molecule has 1 amide bonds. The molecule has 2 N–H and O–H groups in total. The number of carbonyl (C=O) groups is 2. The predicted molar refractivity (Wildman–Crippen MR) is 62.0 cm³/mol. The second kappa shape index (κ2) is 5.55. The summed E-state index contributed by atoms with van der Waals surface area (Å²) < 4.78 is 25.2. The van der Waals surface area contributed by atoms with E-state index in [4.69, 9.17) is 0 Å². The van der Waals surface area contributed by atoms with Crippen LogP contribution in [0.2, 0.25) is 0 Å². The number of aldehydes is 1. The largest absolute Gasteiger partial charge is 0.326 e. The molecule has 0 spiro atoms. The SMILES string of the molecule is CC(=O)Nc1ccc(S(=O)(=O)NCC=O)cc1. The molecule has 1 rings (SSSR count). The van der Waals surface area contributed by atoms with Crippen LogP contribution in [0.25, 0.3) is 0 Å². The smallest absolute Gasteiger partial charge is 0.240 e. The molecule has 0 unspecified atom stereocenters. The van der Waals surface area contributed by atoms with E-state index in [2.05, 4.69) is 10.0 Å². The lowest BCUT2D eigenvalue weighted by Crippen LogP contribution is -2.25. The van der Waals surface area contributed by atoms with E-state index < -0.39 is 10.0 Å². The monoisotopic (exact) mass is 256 g/mol. The maximum Gasteiger partial charge on any atom is 0.240 e. The summed E-state index contributed by atoms with van der Waals surface area (Å²) in [4.78, 5) is 20.9. The van der Waals surface area contributed by atoms with Gasteiger partial charge in [0.1, 0.15) is 6.29 Å². The van der Waals surface area contributed by atoms with Crippen molar-refractivity contribution in [3.05, 3.63) is 24.3 Å². The molecule has 17 heavy (non-hydrogen) atoms. The maximum atomic E-state index is 11.6. The second-order valence-corrected chi connectivity index (χ2v) is 4.99. The number of rotatable bonds is 5. The van der Waals surface area contributed by atoms with Crippen LogP contribution in [0.5, 0.6) is 0 Å². The van der Waals surface area contributed by atoms with E-state index in [-0.39, 0.29) is 17.3 Å². The van der Waals surface area contributed by atoms with Crippen molar-refractivity contribution >= 4 is 27.9 Å². The second-order valence-electron chi connectivity index (χ2n) is 3.22. The van der Waals surface area contributed by atoms with Gasteiger partial charge in [0.25, 0.3) is 0 Å². The first-order valence-corrected chi connectivity index (χ1v) is 6.25. The summed E-state index contributed by atoms with van der Waals surface area (Å²) in [6, 6.07) is 5.63. The Morgan fingerprint density at radius 2 is 1.88 bits per heavy atom. The van der Waals surface area contributed by atoms with Gasteiger partial charge in [-0.15, -0.1) is 0 Å². The lowest BCUT2D eigenvalue weighted by Gasteiger charge is -2.05. The molecule has 92 valence electrons. The van der Waals surface area contributed by atoms with E-state index in [9.17, 15) is 18.0 Å². The molecular weight excluding hydrogens is 244 g/mol. The van der Waals surface area contributed by atoms with Gasteiger partial charge in [0, 0.05) is 12.6 Å². The summed E-state index contributed by atoms with van der Waals surface area (Å²) in [5.74, 6) is -0.236. The lowest BCUT2D eigenvalue weighted by atomic mass is 10.3. The van der Waals surface area contributed by atoms with E-state index in [1.807, 2.05) is 0 Å². The minimum Gasteiger partial charge on any atom is -0.326 e. The fourth-order valence-electron chi connectivity index (χ4n) is 1.15. The molecular formula is C10H12N2O4S. The third-order valence-electron chi connectivity index (χ3n) is 1.84. The van der Waals surface area contributed by atoms with Gasteiger partial charge >= 0.3 is 0 Å². The molecule has 0 saturated heterocycles. The Morgan fingerprint density at radius 3 is 2.35 bits per heavy atom. The first kappa shape index (κ1) is 13.3. The van der Waals surface area contributed by atoms with E-state index in [1.54, 1.807) is 0 Å². The number of anilines is 1. The molecule has 0 fully saturated rings. The molecule has 0 saturated carbocycles. The van der Waals surface area contributed by atoms with Crippen molar-refractivity contribution in [1.29, 1.82) is 0 Å². The van der Waals surface area contributed by atoms with Gasteiger partial charge in [0.2, 0.25) is 15.9 Å². The zero-order valence-corrected chi connectivity index (χ0v) is 9.95. The molecule has 0 aromatic heterocycles. The van der Waals surface area contributed by atoms with Gasteiger partial charge in [-0.3, -0.25) is 4.79 Å². The van der Waals surface area contributed by atoms with Crippen molar-refractivity contribution < 1.29 is 18.0 Å². The normalized spacial score (nSPS) is 10.9. The van der Waals surface area contributed by atoms with E-state index in [1.165, 1.54) is 31.2 Å². The van der Waals surface area contributed by atoms with Crippen LogP contribution in [-0.2, 0) is 19.6 Å². The summed E-state index contributed by atoms with van der Waals surface area (Å²) >= 11 is 0. The van der Waals surface area contributed by atoms with Gasteiger partial charge in [-0.2, -0.15) is 0 Å². The summed E-state index contributed by atoms with van der Waals surface area (Å²) in [7, 11) is -3.66.